The van der Waals surface area contributed by atoms with Gasteiger partial charge >= 0.3 is 6.18 Å². The Balaban J connectivity index is 1.99. The van der Waals surface area contributed by atoms with Gasteiger partial charge in [0.2, 0.25) is 0 Å². The Labute approximate surface area is 143 Å². The standard InChI is InChI=1S/C19H18F3NO2/c1-11-16-14(18(2,3)25-11)9-6-10-15(16)23-17(24)12-7-4-5-8-13(12)19(20,21)22/h4-11H,1-3H3,(H,23,24). The van der Waals surface area contributed by atoms with Gasteiger partial charge in [-0.1, -0.05) is 24.3 Å². The fourth-order valence-corrected chi connectivity index (χ4v) is 3.32. The minimum absolute atomic E-state index is 0.264. The Bertz CT molecular complexity index is 828. The van der Waals surface area contributed by atoms with Crippen LogP contribution in [-0.2, 0) is 16.5 Å². The molecule has 2 aromatic rings. The first-order valence-corrected chi connectivity index (χ1v) is 7.90. The molecule has 0 spiro atoms. The molecule has 1 unspecified atom stereocenters. The van der Waals surface area contributed by atoms with Gasteiger partial charge in [-0.05, 0) is 44.5 Å². The average molecular weight is 349 g/mol. The summed E-state index contributed by atoms with van der Waals surface area (Å²) in [5, 5.41) is 2.62. The van der Waals surface area contributed by atoms with Crippen molar-refractivity contribution < 1.29 is 22.7 Å². The highest BCUT2D eigenvalue weighted by atomic mass is 19.4. The summed E-state index contributed by atoms with van der Waals surface area (Å²) in [4.78, 5) is 12.5. The van der Waals surface area contributed by atoms with E-state index in [2.05, 4.69) is 5.32 Å². The van der Waals surface area contributed by atoms with Gasteiger partial charge < -0.3 is 10.1 Å². The summed E-state index contributed by atoms with van der Waals surface area (Å²) in [5.41, 5.74) is 0.312. The number of rotatable bonds is 2. The normalized spacial score (nSPS) is 18.7. The van der Waals surface area contributed by atoms with Gasteiger partial charge in [0.25, 0.3) is 5.91 Å². The Morgan fingerprint density at radius 1 is 1.12 bits per heavy atom. The van der Waals surface area contributed by atoms with Crippen LogP contribution >= 0.6 is 0 Å². The number of amides is 1. The summed E-state index contributed by atoms with van der Waals surface area (Å²) in [7, 11) is 0. The van der Waals surface area contributed by atoms with E-state index in [1.165, 1.54) is 18.2 Å². The molecule has 1 atom stereocenters. The van der Waals surface area contributed by atoms with Gasteiger partial charge in [-0.2, -0.15) is 13.2 Å². The van der Waals surface area contributed by atoms with Crippen LogP contribution in [0.5, 0.6) is 0 Å². The smallest absolute Gasteiger partial charge is 0.363 e. The number of halogens is 3. The van der Waals surface area contributed by atoms with Crippen molar-refractivity contribution in [1.82, 2.24) is 0 Å². The first-order valence-electron chi connectivity index (χ1n) is 7.90. The number of benzene rings is 2. The summed E-state index contributed by atoms with van der Waals surface area (Å²) in [5.74, 6) is -0.793. The van der Waals surface area contributed by atoms with Crippen LogP contribution in [0.25, 0.3) is 0 Å². The first kappa shape index (κ1) is 17.5. The number of alkyl halides is 3. The number of hydrogen-bond donors (Lipinski definition) is 1. The van der Waals surface area contributed by atoms with E-state index in [1.54, 1.807) is 12.1 Å². The van der Waals surface area contributed by atoms with E-state index in [9.17, 15) is 18.0 Å². The van der Waals surface area contributed by atoms with Crippen molar-refractivity contribution in [3.05, 3.63) is 64.7 Å². The topological polar surface area (TPSA) is 38.3 Å². The summed E-state index contributed by atoms with van der Waals surface area (Å²) < 4.78 is 45.3. The van der Waals surface area contributed by atoms with E-state index >= 15 is 0 Å². The lowest BCUT2D eigenvalue weighted by Gasteiger charge is -2.19. The fraction of sp³-hybridized carbons (Fsp3) is 0.316. The maximum atomic E-state index is 13.1. The monoisotopic (exact) mass is 349 g/mol. The summed E-state index contributed by atoms with van der Waals surface area (Å²) in [6.45, 7) is 5.69. The molecule has 1 heterocycles. The number of carbonyl (C=O) groups excluding carboxylic acids is 1. The summed E-state index contributed by atoms with van der Waals surface area (Å²) in [6.07, 6.45) is -4.86. The first-order chi connectivity index (χ1) is 11.6. The second kappa shape index (κ2) is 5.88. The van der Waals surface area contributed by atoms with Crippen LogP contribution in [-0.4, -0.2) is 5.91 Å². The molecule has 6 heteroatoms. The van der Waals surface area contributed by atoms with Crippen LogP contribution in [0.2, 0.25) is 0 Å². The van der Waals surface area contributed by atoms with Gasteiger partial charge in [0.1, 0.15) is 0 Å². The maximum absolute atomic E-state index is 13.1. The van der Waals surface area contributed by atoms with Crippen molar-refractivity contribution >= 4 is 11.6 Å². The highest BCUT2D eigenvalue weighted by molar-refractivity contribution is 6.06. The third kappa shape index (κ3) is 3.14. The van der Waals surface area contributed by atoms with E-state index in [0.717, 1.165) is 17.2 Å². The molecule has 2 aromatic carbocycles. The quantitative estimate of drug-likeness (QED) is 0.801. The number of ether oxygens (including phenoxy) is 1. The maximum Gasteiger partial charge on any atom is 0.417 e. The van der Waals surface area contributed by atoms with Crippen LogP contribution < -0.4 is 5.32 Å². The highest BCUT2D eigenvalue weighted by Crippen LogP contribution is 2.46. The third-order valence-electron chi connectivity index (χ3n) is 4.36. The van der Waals surface area contributed by atoms with Gasteiger partial charge in [-0.3, -0.25) is 4.79 Å². The lowest BCUT2D eigenvalue weighted by atomic mass is 9.93. The Hall–Kier alpha value is -2.34. The van der Waals surface area contributed by atoms with Gasteiger partial charge in [-0.25, -0.2) is 0 Å². The molecular weight excluding hydrogens is 331 g/mol. The summed E-state index contributed by atoms with van der Waals surface area (Å²) in [6, 6.07) is 10.1. The molecule has 132 valence electrons. The lowest BCUT2D eigenvalue weighted by molar-refractivity contribution is -0.137. The molecule has 0 aliphatic carbocycles. The van der Waals surface area contributed by atoms with Gasteiger partial charge in [0.15, 0.2) is 0 Å². The van der Waals surface area contributed by atoms with Crippen LogP contribution in [0, 0.1) is 0 Å². The van der Waals surface area contributed by atoms with Crippen molar-refractivity contribution in [2.45, 2.75) is 38.7 Å². The third-order valence-corrected chi connectivity index (χ3v) is 4.36. The van der Waals surface area contributed by atoms with Crippen molar-refractivity contribution in [2.24, 2.45) is 0 Å². The minimum atomic E-state index is -4.59. The second-order valence-electron chi connectivity index (χ2n) is 6.53. The predicted molar refractivity (Wildman–Crippen MR) is 88.4 cm³/mol. The molecular formula is C19H18F3NO2. The Morgan fingerprint density at radius 2 is 1.80 bits per heavy atom. The van der Waals surface area contributed by atoms with Crippen LogP contribution in [0.4, 0.5) is 18.9 Å². The lowest BCUT2D eigenvalue weighted by Crippen LogP contribution is -2.19. The zero-order valence-electron chi connectivity index (χ0n) is 14.1. The number of hydrogen-bond acceptors (Lipinski definition) is 2. The van der Waals surface area contributed by atoms with E-state index in [-0.39, 0.29) is 6.10 Å². The molecule has 0 saturated carbocycles. The second-order valence-corrected chi connectivity index (χ2v) is 6.53. The molecule has 1 amide bonds. The number of fused-ring (bicyclic) bond motifs is 1. The van der Waals surface area contributed by atoms with Crippen molar-refractivity contribution in [3.63, 3.8) is 0 Å². The molecule has 25 heavy (non-hydrogen) atoms. The molecule has 1 aliphatic rings. The van der Waals surface area contributed by atoms with Gasteiger partial charge in [0.05, 0.1) is 22.8 Å². The Morgan fingerprint density at radius 3 is 2.48 bits per heavy atom. The van der Waals surface area contributed by atoms with E-state index < -0.39 is 28.8 Å². The Kier molecular flexibility index (Phi) is 4.11. The molecule has 0 bridgehead atoms. The zero-order chi connectivity index (χ0) is 18.4. The van der Waals surface area contributed by atoms with E-state index in [1.807, 2.05) is 26.8 Å². The zero-order valence-corrected chi connectivity index (χ0v) is 14.1. The predicted octanol–water partition coefficient (Wildman–Crippen LogP) is 5.28. The average Bonchev–Trinajstić information content (AvgIpc) is 2.77. The fourth-order valence-electron chi connectivity index (χ4n) is 3.32. The molecule has 3 rings (SSSR count). The van der Waals surface area contributed by atoms with E-state index in [4.69, 9.17) is 4.74 Å². The van der Waals surface area contributed by atoms with Crippen LogP contribution in [0.3, 0.4) is 0 Å². The molecule has 0 fully saturated rings. The summed E-state index contributed by atoms with van der Waals surface area (Å²) >= 11 is 0. The molecule has 1 N–H and O–H groups in total. The largest absolute Gasteiger partial charge is 0.417 e. The van der Waals surface area contributed by atoms with Crippen molar-refractivity contribution in [1.29, 1.82) is 0 Å². The highest BCUT2D eigenvalue weighted by Gasteiger charge is 2.38. The molecule has 0 saturated heterocycles. The van der Waals surface area contributed by atoms with Crippen molar-refractivity contribution in [2.75, 3.05) is 5.32 Å². The van der Waals surface area contributed by atoms with Crippen molar-refractivity contribution in [3.8, 4) is 0 Å². The van der Waals surface area contributed by atoms with Crippen LogP contribution in [0.15, 0.2) is 42.5 Å². The number of carbonyl (C=O) groups is 1. The van der Waals surface area contributed by atoms with E-state index in [0.29, 0.717) is 5.69 Å². The molecule has 0 aromatic heterocycles. The van der Waals surface area contributed by atoms with Crippen LogP contribution in [0.1, 0.15) is 53.9 Å². The molecule has 3 nitrogen and oxygen atoms in total. The SMILES string of the molecule is CC1OC(C)(C)c2cccc(NC(=O)c3ccccc3C(F)(F)F)c21. The number of anilines is 1. The number of nitrogens with one attached hydrogen (secondary N) is 1. The minimum Gasteiger partial charge on any atom is -0.363 e. The molecule has 1 aliphatic heterocycles. The van der Waals surface area contributed by atoms with Gasteiger partial charge in [-0.15, -0.1) is 0 Å². The van der Waals surface area contributed by atoms with Gasteiger partial charge in [0, 0.05) is 11.3 Å². The molecule has 0 radical (unpaired) electrons.